The minimum atomic E-state index is -0.0137. The number of fused-ring (bicyclic) bond motifs is 1. The van der Waals surface area contributed by atoms with E-state index in [-0.39, 0.29) is 5.82 Å². The van der Waals surface area contributed by atoms with Crippen LogP contribution in [0.4, 0.5) is 4.39 Å². The predicted molar refractivity (Wildman–Crippen MR) is 80.3 cm³/mol. The SMILES string of the molecule is CCC1CN(C2CCc3c(F)cccc32)C(CC)CN1. The molecule has 2 aliphatic rings. The lowest BCUT2D eigenvalue weighted by Gasteiger charge is -2.43. The minimum absolute atomic E-state index is 0.0137. The average molecular weight is 276 g/mol. The molecular weight excluding hydrogens is 251 g/mol. The smallest absolute Gasteiger partial charge is 0.126 e. The van der Waals surface area contributed by atoms with Gasteiger partial charge in [-0.25, -0.2) is 4.39 Å². The number of benzene rings is 1. The van der Waals surface area contributed by atoms with Crippen LogP contribution in [-0.2, 0) is 6.42 Å². The first-order chi connectivity index (χ1) is 9.74. The van der Waals surface area contributed by atoms with Crippen LogP contribution in [0.3, 0.4) is 0 Å². The Balaban J connectivity index is 1.87. The summed E-state index contributed by atoms with van der Waals surface area (Å²) in [5.41, 5.74) is 2.19. The molecule has 3 atom stereocenters. The number of piperazine rings is 1. The van der Waals surface area contributed by atoms with Gasteiger partial charge in [-0.05, 0) is 42.9 Å². The van der Waals surface area contributed by atoms with Crippen molar-refractivity contribution in [2.45, 2.75) is 57.7 Å². The summed E-state index contributed by atoms with van der Waals surface area (Å²) in [6.07, 6.45) is 4.28. The number of halogens is 1. The average Bonchev–Trinajstić information content (AvgIpc) is 2.92. The molecule has 1 N–H and O–H groups in total. The molecule has 0 aromatic heterocycles. The second kappa shape index (κ2) is 5.82. The van der Waals surface area contributed by atoms with Crippen LogP contribution in [-0.4, -0.2) is 30.1 Å². The van der Waals surface area contributed by atoms with Crippen LogP contribution < -0.4 is 5.32 Å². The molecule has 1 fully saturated rings. The lowest BCUT2D eigenvalue weighted by Crippen LogP contribution is -2.56. The highest BCUT2D eigenvalue weighted by atomic mass is 19.1. The summed E-state index contributed by atoms with van der Waals surface area (Å²) in [6.45, 7) is 6.66. The van der Waals surface area contributed by atoms with Gasteiger partial charge in [-0.2, -0.15) is 0 Å². The van der Waals surface area contributed by atoms with Crippen molar-refractivity contribution in [2.75, 3.05) is 13.1 Å². The fourth-order valence-electron chi connectivity index (χ4n) is 3.85. The van der Waals surface area contributed by atoms with Gasteiger partial charge >= 0.3 is 0 Å². The first-order valence-corrected chi connectivity index (χ1v) is 8.01. The molecule has 1 aromatic rings. The first kappa shape index (κ1) is 14.0. The molecule has 1 aliphatic heterocycles. The Morgan fingerprint density at radius 2 is 2.15 bits per heavy atom. The van der Waals surface area contributed by atoms with Gasteiger partial charge in [-0.3, -0.25) is 4.90 Å². The Hall–Kier alpha value is -0.930. The second-order valence-electron chi connectivity index (χ2n) is 6.13. The van der Waals surface area contributed by atoms with Crippen LogP contribution in [0, 0.1) is 5.82 Å². The quantitative estimate of drug-likeness (QED) is 0.911. The van der Waals surface area contributed by atoms with Gasteiger partial charge in [-0.1, -0.05) is 26.0 Å². The molecule has 110 valence electrons. The number of hydrogen-bond acceptors (Lipinski definition) is 2. The third-order valence-corrected chi connectivity index (χ3v) is 5.09. The monoisotopic (exact) mass is 276 g/mol. The van der Waals surface area contributed by atoms with Crippen molar-refractivity contribution in [3.05, 3.63) is 35.1 Å². The van der Waals surface area contributed by atoms with E-state index < -0.39 is 0 Å². The molecule has 0 amide bonds. The van der Waals surface area contributed by atoms with Crippen LogP contribution >= 0.6 is 0 Å². The highest BCUT2D eigenvalue weighted by Gasteiger charge is 2.36. The topological polar surface area (TPSA) is 15.3 Å². The zero-order valence-electron chi connectivity index (χ0n) is 12.5. The molecule has 3 unspecified atom stereocenters. The Morgan fingerprint density at radius 1 is 1.30 bits per heavy atom. The first-order valence-electron chi connectivity index (χ1n) is 8.01. The number of rotatable bonds is 3. The zero-order chi connectivity index (χ0) is 14.1. The molecule has 0 radical (unpaired) electrons. The van der Waals surface area contributed by atoms with Crippen LogP contribution in [0.25, 0.3) is 0 Å². The van der Waals surface area contributed by atoms with Gasteiger partial charge < -0.3 is 5.32 Å². The number of nitrogens with one attached hydrogen (secondary N) is 1. The fourth-order valence-corrected chi connectivity index (χ4v) is 3.85. The van der Waals surface area contributed by atoms with E-state index in [2.05, 4.69) is 30.1 Å². The van der Waals surface area contributed by atoms with E-state index in [1.54, 1.807) is 6.07 Å². The van der Waals surface area contributed by atoms with Crippen molar-refractivity contribution >= 4 is 0 Å². The van der Waals surface area contributed by atoms with E-state index in [0.717, 1.165) is 44.3 Å². The van der Waals surface area contributed by atoms with E-state index in [9.17, 15) is 4.39 Å². The van der Waals surface area contributed by atoms with Crippen LogP contribution in [0.5, 0.6) is 0 Å². The lowest BCUT2D eigenvalue weighted by atomic mass is 9.99. The molecule has 2 nitrogen and oxygen atoms in total. The van der Waals surface area contributed by atoms with E-state index in [0.29, 0.717) is 18.1 Å². The van der Waals surface area contributed by atoms with Gasteiger partial charge in [0.2, 0.25) is 0 Å². The summed E-state index contributed by atoms with van der Waals surface area (Å²) in [5, 5.41) is 3.64. The predicted octanol–water partition coefficient (Wildman–Crippen LogP) is 3.28. The molecule has 1 heterocycles. The number of nitrogens with zero attached hydrogens (tertiary/aromatic N) is 1. The summed E-state index contributed by atoms with van der Waals surface area (Å²) in [6, 6.07) is 7.18. The highest BCUT2D eigenvalue weighted by molar-refractivity contribution is 5.36. The summed E-state index contributed by atoms with van der Waals surface area (Å²) in [5.74, 6) is -0.0137. The van der Waals surface area contributed by atoms with E-state index in [4.69, 9.17) is 0 Å². The van der Waals surface area contributed by atoms with Crippen molar-refractivity contribution in [3.63, 3.8) is 0 Å². The van der Waals surface area contributed by atoms with Crippen molar-refractivity contribution in [3.8, 4) is 0 Å². The molecular formula is C17H25FN2. The largest absolute Gasteiger partial charge is 0.311 e. The molecule has 0 saturated carbocycles. The van der Waals surface area contributed by atoms with Crippen molar-refractivity contribution in [1.29, 1.82) is 0 Å². The van der Waals surface area contributed by atoms with Crippen LogP contribution in [0.1, 0.15) is 50.3 Å². The lowest BCUT2D eigenvalue weighted by molar-refractivity contribution is 0.0774. The van der Waals surface area contributed by atoms with Gasteiger partial charge in [0.1, 0.15) is 5.82 Å². The molecule has 0 spiro atoms. The Labute approximate surface area is 121 Å². The van der Waals surface area contributed by atoms with E-state index in [1.807, 2.05) is 6.07 Å². The summed E-state index contributed by atoms with van der Waals surface area (Å²) >= 11 is 0. The summed E-state index contributed by atoms with van der Waals surface area (Å²) in [4.78, 5) is 2.63. The maximum atomic E-state index is 13.9. The molecule has 1 aliphatic carbocycles. The van der Waals surface area contributed by atoms with Crippen LogP contribution in [0.2, 0.25) is 0 Å². The van der Waals surface area contributed by atoms with Gasteiger partial charge in [-0.15, -0.1) is 0 Å². The Morgan fingerprint density at radius 3 is 2.90 bits per heavy atom. The third kappa shape index (κ3) is 2.38. The molecule has 3 heteroatoms. The molecule has 1 aromatic carbocycles. The Bertz CT molecular complexity index is 474. The van der Waals surface area contributed by atoms with Crippen molar-refractivity contribution < 1.29 is 4.39 Å². The van der Waals surface area contributed by atoms with Gasteiger partial charge in [0, 0.05) is 31.2 Å². The normalized spacial score (nSPS) is 30.4. The van der Waals surface area contributed by atoms with Gasteiger partial charge in [0.05, 0.1) is 0 Å². The molecule has 0 bridgehead atoms. The van der Waals surface area contributed by atoms with Gasteiger partial charge in [0.15, 0.2) is 0 Å². The minimum Gasteiger partial charge on any atom is -0.311 e. The van der Waals surface area contributed by atoms with E-state index in [1.165, 1.54) is 5.56 Å². The standard InChI is InChI=1S/C17H25FN2/c1-3-12-11-20(13(4-2)10-19-12)17-9-8-14-15(17)6-5-7-16(14)18/h5-7,12-13,17,19H,3-4,8-11H2,1-2H3. The van der Waals surface area contributed by atoms with Crippen LogP contribution in [0.15, 0.2) is 18.2 Å². The maximum absolute atomic E-state index is 13.9. The summed E-state index contributed by atoms with van der Waals surface area (Å²) < 4.78 is 13.9. The second-order valence-corrected chi connectivity index (χ2v) is 6.13. The van der Waals surface area contributed by atoms with Gasteiger partial charge in [0.25, 0.3) is 0 Å². The fraction of sp³-hybridized carbons (Fsp3) is 0.647. The van der Waals surface area contributed by atoms with Crippen molar-refractivity contribution in [2.24, 2.45) is 0 Å². The third-order valence-electron chi connectivity index (χ3n) is 5.09. The molecule has 3 rings (SSSR count). The Kier molecular flexibility index (Phi) is 4.08. The number of hydrogen-bond donors (Lipinski definition) is 1. The highest BCUT2D eigenvalue weighted by Crippen LogP contribution is 2.39. The molecule has 20 heavy (non-hydrogen) atoms. The van der Waals surface area contributed by atoms with E-state index >= 15 is 0 Å². The summed E-state index contributed by atoms with van der Waals surface area (Å²) in [7, 11) is 0. The maximum Gasteiger partial charge on any atom is 0.126 e. The van der Waals surface area contributed by atoms with Crippen molar-refractivity contribution in [1.82, 2.24) is 10.2 Å². The molecule has 1 saturated heterocycles. The zero-order valence-corrected chi connectivity index (χ0v) is 12.5.